The molecule has 2 aromatic rings. The highest BCUT2D eigenvalue weighted by atomic mass is 79.9. The second-order valence-corrected chi connectivity index (χ2v) is 11.6. The third-order valence-corrected chi connectivity index (χ3v) is 8.32. The Morgan fingerprint density at radius 3 is 2.59 bits per heavy atom. The highest BCUT2D eigenvalue weighted by Crippen LogP contribution is 2.40. The first-order chi connectivity index (χ1) is 17.7. The largest absolute Gasteiger partial charge is 0.493 e. The Balaban J connectivity index is 1.47. The van der Waals surface area contributed by atoms with E-state index in [1.54, 1.807) is 41.3 Å². The number of piperidine rings is 1. The van der Waals surface area contributed by atoms with E-state index in [0.717, 1.165) is 35.1 Å². The number of hydrogen-bond donors (Lipinski definition) is 0. The predicted molar refractivity (Wildman–Crippen MR) is 149 cm³/mol. The lowest BCUT2D eigenvalue weighted by atomic mass is 9.99. The van der Waals surface area contributed by atoms with Crippen molar-refractivity contribution >= 4 is 74.0 Å². The van der Waals surface area contributed by atoms with Gasteiger partial charge in [0.1, 0.15) is 13.2 Å². The molecule has 0 saturated carbocycles. The van der Waals surface area contributed by atoms with Crippen molar-refractivity contribution in [3.63, 3.8) is 0 Å². The van der Waals surface area contributed by atoms with E-state index in [1.165, 1.54) is 7.11 Å². The Bertz CT molecular complexity index is 1260. The molecule has 2 heterocycles. The van der Waals surface area contributed by atoms with E-state index in [2.05, 4.69) is 22.9 Å². The Hall–Kier alpha value is -2.20. The summed E-state index contributed by atoms with van der Waals surface area (Å²) in [5.74, 6) is 0.774. The molecule has 0 atom stereocenters. The maximum Gasteiger partial charge on any atom is 0.294 e. The van der Waals surface area contributed by atoms with Gasteiger partial charge in [0, 0.05) is 28.7 Å². The minimum atomic E-state index is -0.485. The minimum Gasteiger partial charge on any atom is -0.493 e. The van der Waals surface area contributed by atoms with E-state index in [1.807, 2.05) is 0 Å². The fraction of sp³-hybridized carbons (Fsp3) is 0.346. The second-order valence-electron chi connectivity index (χ2n) is 8.89. The highest BCUT2D eigenvalue weighted by molar-refractivity contribution is 9.10. The van der Waals surface area contributed by atoms with Crippen LogP contribution in [0.25, 0.3) is 6.08 Å². The monoisotopic (exact) mass is 626 g/mol. The summed E-state index contributed by atoms with van der Waals surface area (Å²) in [6.45, 7) is 3.40. The van der Waals surface area contributed by atoms with E-state index in [0.29, 0.717) is 50.6 Å². The molecule has 0 bridgehead atoms. The Morgan fingerprint density at radius 1 is 1.19 bits per heavy atom. The molecular weight excluding hydrogens is 603 g/mol. The highest BCUT2D eigenvalue weighted by Gasteiger charge is 2.37. The van der Waals surface area contributed by atoms with Gasteiger partial charge in [-0.15, -0.1) is 0 Å². The molecule has 7 nitrogen and oxygen atoms in total. The van der Waals surface area contributed by atoms with E-state index in [4.69, 9.17) is 32.7 Å². The van der Waals surface area contributed by atoms with Crippen molar-refractivity contribution in [3.8, 4) is 11.5 Å². The number of imide groups is 1. The standard InChI is InChI=1S/C26H25BrCl2N2O5S/c1-15-5-7-30(8-6-15)23(32)13-31-25(33)22(37-26(31)34)11-16-9-19(27)24(21(10-16)35-2)36-14-17-3-4-18(28)12-20(17)29/h3-4,9-12,15H,5-8,13-14H2,1-2H3/b22-11+. The average molecular weight is 628 g/mol. The van der Waals surface area contributed by atoms with Gasteiger partial charge in [-0.1, -0.05) is 36.2 Å². The number of carbonyl (C=O) groups excluding carboxylic acids is 3. The maximum atomic E-state index is 13.0. The SMILES string of the molecule is COc1cc(/C=C2/SC(=O)N(CC(=O)N3CCC(C)CC3)C2=O)cc(Br)c1OCc1ccc(Cl)cc1Cl. The van der Waals surface area contributed by atoms with Crippen LogP contribution < -0.4 is 9.47 Å². The van der Waals surface area contributed by atoms with Crippen LogP contribution in [0.3, 0.4) is 0 Å². The smallest absolute Gasteiger partial charge is 0.294 e. The van der Waals surface area contributed by atoms with Gasteiger partial charge >= 0.3 is 0 Å². The van der Waals surface area contributed by atoms with E-state index in [9.17, 15) is 14.4 Å². The van der Waals surface area contributed by atoms with Crippen LogP contribution in [0.1, 0.15) is 30.9 Å². The lowest BCUT2D eigenvalue weighted by molar-refractivity contribution is -0.136. The molecule has 2 saturated heterocycles. The van der Waals surface area contributed by atoms with Gasteiger partial charge in [-0.3, -0.25) is 19.3 Å². The minimum absolute atomic E-state index is 0.188. The summed E-state index contributed by atoms with van der Waals surface area (Å²) in [6.07, 6.45) is 3.46. The molecule has 37 heavy (non-hydrogen) atoms. The van der Waals surface area contributed by atoms with Crippen molar-refractivity contribution in [2.75, 3.05) is 26.7 Å². The lowest BCUT2D eigenvalue weighted by Gasteiger charge is -2.31. The molecule has 11 heteroatoms. The summed E-state index contributed by atoms with van der Waals surface area (Å²) in [7, 11) is 1.51. The molecule has 0 N–H and O–H groups in total. The molecule has 0 radical (unpaired) electrons. The van der Waals surface area contributed by atoms with Crippen LogP contribution in [0.15, 0.2) is 39.7 Å². The molecular formula is C26H25BrCl2N2O5S. The number of carbonyl (C=O) groups is 3. The zero-order valence-electron chi connectivity index (χ0n) is 20.3. The topological polar surface area (TPSA) is 76.2 Å². The van der Waals surface area contributed by atoms with Gasteiger partial charge in [0.2, 0.25) is 5.91 Å². The van der Waals surface area contributed by atoms with Crippen LogP contribution in [-0.2, 0) is 16.2 Å². The number of amides is 3. The van der Waals surface area contributed by atoms with Crippen molar-refractivity contribution in [1.29, 1.82) is 0 Å². The zero-order valence-corrected chi connectivity index (χ0v) is 24.2. The molecule has 2 aliphatic heterocycles. The number of benzene rings is 2. The summed E-state index contributed by atoms with van der Waals surface area (Å²) in [6, 6.07) is 8.62. The van der Waals surface area contributed by atoms with Crippen molar-refractivity contribution in [3.05, 3.63) is 60.9 Å². The second kappa shape index (κ2) is 12.1. The summed E-state index contributed by atoms with van der Waals surface area (Å²) in [5, 5.41) is 0.566. The first-order valence-corrected chi connectivity index (χ1v) is 14.0. The number of thioether (sulfide) groups is 1. The fourth-order valence-corrected chi connectivity index (χ4v) is 5.91. The molecule has 4 rings (SSSR count). The van der Waals surface area contributed by atoms with Crippen molar-refractivity contribution in [2.45, 2.75) is 26.4 Å². The number of methoxy groups -OCH3 is 1. The normalized spacial score (nSPS) is 17.6. The molecule has 0 unspecified atom stereocenters. The average Bonchev–Trinajstić information content (AvgIpc) is 3.11. The summed E-state index contributed by atoms with van der Waals surface area (Å²) in [4.78, 5) is 41.2. The van der Waals surface area contributed by atoms with Crippen molar-refractivity contribution < 1.29 is 23.9 Å². The first-order valence-electron chi connectivity index (χ1n) is 11.6. The number of rotatable bonds is 7. The molecule has 2 aromatic carbocycles. The third-order valence-electron chi connectivity index (χ3n) is 6.24. The molecule has 2 aliphatic rings. The van der Waals surface area contributed by atoms with Gasteiger partial charge in [-0.2, -0.15) is 0 Å². The van der Waals surface area contributed by atoms with Crippen LogP contribution in [-0.4, -0.2) is 53.6 Å². The zero-order chi connectivity index (χ0) is 26.7. The molecule has 0 spiro atoms. The number of hydrogen-bond acceptors (Lipinski definition) is 6. The molecule has 0 aliphatic carbocycles. The van der Waals surface area contributed by atoms with Gasteiger partial charge in [-0.05, 0) is 82.4 Å². The van der Waals surface area contributed by atoms with Crippen molar-refractivity contribution in [2.24, 2.45) is 5.92 Å². The first kappa shape index (κ1) is 27.8. The predicted octanol–water partition coefficient (Wildman–Crippen LogP) is 6.64. The number of ether oxygens (including phenoxy) is 2. The number of nitrogens with zero attached hydrogens (tertiary/aromatic N) is 2. The van der Waals surface area contributed by atoms with Crippen LogP contribution in [0.4, 0.5) is 4.79 Å². The van der Waals surface area contributed by atoms with Crippen molar-refractivity contribution in [1.82, 2.24) is 9.80 Å². The van der Waals surface area contributed by atoms with E-state index in [-0.39, 0.29) is 24.0 Å². The van der Waals surface area contributed by atoms with Crippen LogP contribution in [0.5, 0.6) is 11.5 Å². The Labute approximate surface area is 238 Å². The van der Waals surface area contributed by atoms with Crippen LogP contribution in [0.2, 0.25) is 10.0 Å². The summed E-state index contributed by atoms with van der Waals surface area (Å²) in [5.41, 5.74) is 1.38. The quantitative estimate of drug-likeness (QED) is 0.320. The number of halogens is 3. The summed E-state index contributed by atoms with van der Waals surface area (Å²) < 4.78 is 12.1. The fourth-order valence-electron chi connectivity index (χ4n) is 4.03. The van der Waals surface area contributed by atoms with Gasteiger partial charge < -0.3 is 14.4 Å². The third kappa shape index (κ3) is 6.63. The van der Waals surface area contributed by atoms with Gasteiger partial charge in [-0.25, -0.2) is 0 Å². The van der Waals surface area contributed by atoms with Gasteiger partial charge in [0.25, 0.3) is 11.1 Å². The van der Waals surface area contributed by atoms with Gasteiger partial charge in [0.15, 0.2) is 11.5 Å². The molecule has 3 amide bonds. The molecule has 2 fully saturated rings. The van der Waals surface area contributed by atoms with Crippen LogP contribution in [0, 0.1) is 5.92 Å². The maximum absolute atomic E-state index is 13.0. The van der Waals surface area contributed by atoms with E-state index >= 15 is 0 Å². The Morgan fingerprint density at radius 2 is 1.92 bits per heavy atom. The van der Waals surface area contributed by atoms with Crippen LogP contribution >= 0.6 is 50.9 Å². The van der Waals surface area contributed by atoms with Gasteiger partial charge in [0.05, 0.1) is 16.5 Å². The lowest BCUT2D eigenvalue weighted by Crippen LogP contribution is -2.45. The molecule has 0 aromatic heterocycles. The van der Waals surface area contributed by atoms with E-state index < -0.39 is 11.1 Å². The Kier molecular flexibility index (Phi) is 9.11. The molecule has 196 valence electrons. The summed E-state index contributed by atoms with van der Waals surface area (Å²) >= 11 is 16.5. The number of likely N-dealkylation sites (tertiary alicyclic amines) is 1.